The number of amides is 1. The average Bonchev–Trinajstić information content (AvgIpc) is 2.73. The van der Waals surface area contributed by atoms with Crippen LogP contribution in [0.25, 0.3) is 0 Å². The van der Waals surface area contributed by atoms with E-state index in [4.69, 9.17) is 5.11 Å². The molecule has 0 fully saturated rings. The number of rotatable bonds is 6. The lowest BCUT2D eigenvalue weighted by atomic mass is 10.1. The van der Waals surface area contributed by atoms with E-state index in [1.807, 2.05) is 0 Å². The predicted molar refractivity (Wildman–Crippen MR) is 73.0 cm³/mol. The van der Waals surface area contributed by atoms with Gasteiger partial charge in [-0.2, -0.15) is 4.72 Å². The summed E-state index contributed by atoms with van der Waals surface area (Å²) in [5, 5.41) is 11.5. The minimum absolute atomic E-state index is 0.134. The zero-order valence-electron chi connectivity index (χ0n) is 11.1. The number of nitrogens with one attached hydrogen (secondary N) is 2. The van der Waals surface area contributed by atoms with Crippen LogP contribution in [0.3, 0.4) is 0 Å². The molecule has 0 aliphatic heterocycles. The van der Waals surface area contributed by atoms with Gasteiger partial charge in [0, 0.05) is 6.92 Å². The van der Waals surface area contributed by atoms with Crippen molar-refractivity contribution in [3.05, 3.63) is 6.20 Å². The first-order valence-electron chi connectivity index (χ1n) is 5.62. The van der Waals surface area contributed by atoms with Crippen molar-refractivity contribution in [2.24, 2.45) is 5.92 Å². The summed E-state index contributed by atoms with van der Waals surface area (Å²) < 4.78 is 26.0. The van der Waals surface area contributed by atoms with E-state index in [0.29, 0.717) is 0 Å². The number of carbonyl (C=O) groups excluding carboxylic acids is 1. The van der Waals surface area contributed by atoms with Gasteiger partial charge in [-0.05, 0) is 5.92 Å². The van der Waals surface area contributed by atoms with Gasteiger partial charge in [0.15, 0.2) is 9.34 Å². The molecule has 0 saturated carbocycles. The van der Waals surface area contributed by atoms with Crippen molar-refractivity contribution in [3.8, 4) is 0 Å². The third kappa shape index (κ3) is 4.25. The van der Waals surface area contributed by atoms with Crippen LogP contribution in [0, 0.1) is 5.92 Å². The van der Waals surface area contributed by atoms with E-state index in [0.717, 1.165) is 17.5 Å². The molecule has 0 aromatic carbocycles. The Morgan fingerprint density at radius 1 is 1.40 bits per heavy atom. The van der Waals surface area contributed by atoms with Gasteiger partial charge in [0.1, 0.15) is 6.04 Å². The van der Waals surface area contributed by atoms with Crippen molar-refractivity contribution in [1.82, 2.24) is 9.71 Å². The van der Waals surface area contributed by atoms with Crippen LogP contribution in [-0.4, -0.2) is 36.4 Å². The Balaban J connectivity index is 2.96. The Labute approximate surface area is 120 Å². The van der Waals surface area contributed by atoms with E-state index in [-0.39, 0.29) is 15.2 Å². The van der Waals surface area contributed by atoms with Crippen LogP contribution >= 0.6 is 11.3 Å². The summed E-state index contributed by atoms with van der Waals surface area (Å²) in [6.45, 7) is 4.46. The number of aliphatic carboxylic acids is 1. The quantitative estimate of drug-likeness (QED) is 0.700. The van der Waals surface area contributed by atoms with Gasteiger partial charge in [0.2, 0.25) is 5.91 Å². The zero-order chi connectivity index (χ0) is 15.5. The topological polar surface area (TPSA) is 125 Å². The highest BCUT2D eigenvalue weighted by Crippen LogP contribution is 2.23. The first-order chi connectivity index (χ1) is 9.13. The van der Waals surface area contributed by atoms with Gasteiger partial charge in [-0.15, -0.1) is 0 Å². The molecule has 3 N–H and O–H groups in total. The average molecular weight is 321 g/mol. The summed E-state index contributed by atoms with van der Waals surface area (Å²) in [5.74, 6) is -2.04. The van der Waals surface area contributed by atoms with E-state index < -0.39 is 28.0 Å². The highest BCUT2D eigenvalue weighted by Gasteiger charge is 2.29. The number of hydrogen-bond acceptors (Lipinski definition) is 6. The lowest BCUT2D eigenvalue weighted by molar-refractivity contribution is -0.140. The maximum atomic E-state index is 12.0. The Hall–Kier alpha value is -1.52. The number of hydrogen-bond donors (Lipinski definition) is 3. The van der Waals surface area contributed by atoms with Crippen LogP contribution in [-0.2, 0) is 19.6 Å². The summed E-state index contributed by atoms with van der Waals surface area (Å²) in [4.78, 5) is 25.6. The second kappa shape index (κ2) is 6.29. The SMILES string of the molecule is CC(=O)Nc1ncc(S(=O)(=O)N[C@H](C(=O)O)C(C)C)s1. The number of nitrogens with zero attached hydrogens (tertiary/aromatic N) is 1. The van der Waals surface area contributed by atoms with E-state index in [1.165, 1.54) is 6.92 Å². The van der Waals surface area contributed by atoms with Crippen molar-refractivity contribution in [2.45, 2.75) is 31.0 Å². The van der Waals surface area contributed by atoms with Gasteiger partial charge in [0.25, 0.3) is 10.0 Å². The highest BCUT2D eigenvalue weighted by molar-refractivity contribution is 7.91. The fourth-order valence-corrected chi connectivity index (χ4v) is 3.72. The molecular weight excluding hydrogens is 306 g/mol. The lowest BCUT2D eigenvalue weighted by Crippen LogP contribution is -2.43. The molecule has 10 heteroatoms. The minimum atomic E-state index is -3.99. The Kier molecular flexibility index (Phi) is 5.20. The number of carbonyl (C=O) groups is 2. The summed E-state index contributed by atoms with van der Waals surface area (Å²) >= 11 is 0.747. The Morgan fingerprint density at radius 2 is 2.00 bits per heavy atom. The first kappa shape index (κ1) is 16.5. The fraction of sp³-hybridized carbons (Fsp3) is 0.500. The highest BCUT2D eigenvalue weighted by atomic mass is 32.2. The molecule has 1 amide bonds. The molecule has 0 spiro atoms. The molecule has 112 valence electrons. The second-order valence-corrected chi connectivity index (χ2v) is 7.32. The third-order valence-electron chi connectivity index (χ3n) is 2.25. The smallest absolute Gasteiger partial charge is 0.322 e. The Bertz CT molecular complexity index is 608. The largest absolute Gasteiger partial charge is 0.480 e. The molecule has 1 rings (SSSR count). The number of aromatic nitrogens is 1. The summed E-state index contributed by atoms with van der Waals surface area (Å²) in [7, 11) is -3.99. The molecule has 0 aliphatic carbocycles. The maximum absolute atomic E-state index is 12.0. The molecule has 0 radical (unpaired) electrons. The van der Waals surface area contributed by atoms with Gasteiger partial charge in [0.05, 0.1) is 6.20 Å². The first-order valence-corrected chi connectivity index (χ1v) is 7.92. The summed E-state index contributed by atoms with van der Waals surface area (Å²) in [6.07, 6.45) is 1.07. The van der Waals surface area contributed by atoms with Gasteiger partial charge in [-0.25, -0.2) is 13.4 Å². The summed E-state index contributed by atoms with van der Waals surface area (Å²) in [6, 6.07) is -1.23. The van der Waals surface area contributed by atoms with Crippen LogP contribution in [0.1, 0.15) is 20.8 Å². The van der Waals surface area contributed by atoms with Crippen LogP contribution in [0.15, 0.2) is 10.4 Å². The lowest BCUT2D eigenvalue weighted by Gasteiger charge is -2.16. The molecule has 0 unspecified atom stereocenters. The van der Waals surface area contributed by atoms with E-state index in [9.17, 15) is 18.0 Å². The molecule has 8 nitrogen and oxygen atoms in total. The van der Waals surface area contributed by atoms with Crippen molar-refractivity contribution in [1.29, 1.82) is 0 Å². The van der Waals surface area contributed by atoms with E-state index in [1.54, 1.807) is 13.8 Å². The van der Waals surface area contributed by atoms with Gasteiger partial charge in [-0.1, -0.05) is 25.2 Å². The number of carboxylic acid groups (broad SMARTS) is 1. The maximum Gasteiger partial charge on any atom is 0.322 e. The Morgan fingerprint density at radius 3 is 2.45 bits per heavy atom. The molecule has 0 bridgehead atoms. The zero-order valence-corrected chi connectivity index (χ0v) is 12.7. The van der Waals surface area contributed by atoms with Crippen LogP contribution in [0.4, 0.5) is 5.13 Å². The molecule has 1 atom stereocenters. The molecule has 0 saturated heterocycles. The minimum Gasteiger partial charge on any atom is -0.480 e. The molecular formula is C10H15N3O5S2. The van der Waals surface area contributed by atoms with E-state index >= 15 is 0 Å². The molecule has 20 heavy (non-hydrogen) atoms. The number of anilines is 1. The molecule has 1 aromatic rings. The van der Waals surface area contributed by atoms with Crippen LogP contribution in [0.2, 0.25) is 0 Å². The fourth-order valence-electron chi connectivity index (χ4n) is 1.29. The van der Waals surface area contributed by atoms with Crippen molar-refractivity contribution >= 4 is 38.4 Å². The number of sulfonamides is 1. The number of carboxylic acids is 1. The molecule has 1 aromatic heterocycles. The monoisotopic (exact) mass is 321 g/mol. The second-order valence-electron chi connectivity index (χ2n) is 4.35. The van der Waals surface area contributed by atoms with Gasteiger partial charge in [-0.3, -0.25) is 9.59 Å². The van der Waals surface area contributed by atoms with E-state index in [2.05, 4.69) is 15.0 Å². The van der Waals surface area contributed by atoms with Crippen molar-refractivity contribution in [2.75, 3.05) is 5.32 Å². The normalized spacial score (nSPS) is 13.2. The van der Waals surface area contributed by atoms with Crippen molar-refractivity contribution in [3.63, 3.8) is 0 Å². The van der Waals surface area contributed by atoms with Gasteiger partial charge < -0.3 is 10.4 Å². The van der Waals surface area contributed by atoms with Crippen molar-refractivity contribution < 1.29 is 23.1 Å². The molecule has 1 heterocycles. The third-order valence-corrected chi connectivity index (χ3v) is 5.06. The van der Waals surface area contributed by atoms with Crippen LogP contribution in [0.5, 0.6) is 0 Å². The molecule has 0 aliphatic rings. The van der Waals surface area contributed by atoms with Crippen LogP contribution < -0.4 is 10.0 Å². The standard InChI is InChI=1S/C10H15N3O5S2/c1-5(2)8(9(15)16)13-20(17,18)7-4-11-10(19-7)12-6(3)14/h4-5,8,13H,1-3H3,(H,15,16)(H,11,12,14)/t8-/m0/s1. The number of thiazole rings is 1. The predicted octanol–water partition coefficient (Wildman–Crippen LogP) is 0.489. The van der Waals surface area contributed by atoms with Gasteiger partial charge >= 0.3 is 5.97 Å². The summed E-state index contributed by atoms with van der Waals surface area (Å²) in [5.41, 5.74) is 0.